The first kappa shape index (κ1) is 17.2. The molecule has 4 N–H and O–H groups in total. The third-order valence-corrected chi connectivity index (χ3v) is 3.45. The minimum Gasteiger partial charge on any atom is -0.346 e. The van der Waals surface area contributed by atoms with Gasteiger partial charge >= 0.3 is 0 Å². The SMILES string of the molecule is CCc1cccc(C)c1NC(=O)CNC(=O)[C@@H](N)C(C)C. The minimum absolute atomic E-state index is 0.0381. The van der Waals surface area contributed by atoms with Crippen LogP contribution >= 0.6 is 0 Å². The van der Waals surface area contributed by atoms with Crippen molar-refractivity contribution in [3.63, 3.8) is 0 Å². The van der Waals surface area contributed by atoms with Crippen molar-refractivity contribution in [1.29, 1.82) is 0 Å². The van der Waals surface area contributed by atoms with Gasteiger partial charge in [-0.05, 0) is 30.4 Å². The van der Waals surface area contributed by atoms with Gasteiger partial charge in [0.1, 0.15) is 0 Å². The van der Waals surface area contributed by atoms with Gasteiger partial charge in [-0.25, -0.2) is 0 Å². The van der Waals surface area contributed by atoms with Gasteiger partial charge in [0.25, 0.3) is 0 Å². The van der Waals surface area contributed by atoms with Crippen molar-refractivity contribution in [2.45, 2.75) is 40.2 Å². The summed E-state index contributed by atoms with van der Waals surface area (Å²) in [5.41, 5.74) is 8.64. The van der Waals surface area contributed by atoms with Crippen LogP contribution in [0, 0.1) is 12.8 Å². The fourth-order valence-corrected chi connectivity index (χ4v) is 1.97. The van der Waals surface area contributed by atoms with E-state index in [2.05, 4.69) is 10.6 Å². The van der Waals surface area contributed by atoms with Gasteiger partial charge in [-0.3, -0.25) is 9.59 Å². The molecule has 0 radical (unpaired) electrons. The normalized spacial score (nSPS) is 12.1. The van der Waals surface area contributed by atoms with Crippen LogP contribution in [0.1, 0.15) is 31.9 Å². The largest absolute Gasteiger partial charge is 0.346 e. The summed E-state index contributed by atoms with van der Waals surface area (Å²) in [5.74, 6) is -0.514. The fraction of sp³-hybridized carbons (Fsp3) is 0.500. The summed E-state index contributed by atoms with van der Waals surface area (Å²) in [6.07, 6.45) is 0.835. The number of amides is 2. The van der Waals surface area contributed by atoms with Crippen LogP contribution in [0.4, 0.5) is 5.69 Å². The highest BCUT2D eigenvalue weighted by molar-refractivity contribution is 5.96. The molecule has 0 spiro atoms. The number of anilines is 1. The van der Waals surface area contributed by atoms with Gasteiger partial charge in [-0.1, -0.05) is 39.0 Å². The highest BCUT2D eigenvalue weighted by Crippen LogP contribution is 2.20. The van der Waals surface area contributed by atoms with Gasteiger partial charge in [-0.2, -0.15) is 0 Å². The second kappa shape index (κ2) is 7.78. The number of rotatable bonds is 6. The van der Waals surface area contributed by atoms with Crippen LogP contribution in [-0.2, 0) is 16.0 Å². The first-order valence-electron chi connectivity index (χ1n) is 7.28. The van der Waals surface area contributed by atoms with Crippen LogP contribution < -0.4 is 16.4 Å². The average Bonchev–Trinajstić information content (AvgIpc) is 2.45. The molecule has 0 fully saturated rings. The lowest BCUT2D eigenvalue weighted by atomic mass is 10.1. The third-order valence-electron chi connectivity index (χ3n) is 3.45. The van der Waals surface area contributed by atoms with Gasteiger partial charge in [0, 0.05) is 5.69 Å². The molecule has 0 saturated carbocycles. The molecule has 2 amide bonds. The summed E-state index contributed by atoms with van der Waals surface area (Å²) in [6, 6.07) is 5.30. The Hall–Kier alpha value is -1.88. The average molecular weight is 291 g/mol. The van der Waals surface area contributed by atoms with Gasteiger partial charge in [0.15, 0.2) is 0 Å². The molecule has 21 heavy (non-hydrogen) atoms. The van der Waals surface area contributed by atoms with Crippen molar-refractivity contribution in [2.75, 3.05) is 11.9 Å². The monoisotopic (exact) mass is 291 g/mol. The Bertz CT molecular complexity index is 512. The van der Waals surface area contributed by atoms with Crippen LogP contribution in [0.25, 0.3) is 0 Å². The number of nitrogens with two attached hydrogens (primary N) is 1. The smallest absolute Gasteiger partial charge is 0.243 e. The maximum atomic E-state index is 12.0. The summed E-state index contributed by atoms with van der Waals surface area (Å²) in [4.78, 5) is 23.7. The summed E-state index contributed by atoms with van der Waals surface area (Å²) < 4.78 is 0. The lowest BCUT2D eigenvalue weighted by molar-refractivity contribution is -0.125. The van der Waals surface area contributed by atoms with Gasteiger partial charge < -0.3 is 16.4 Å². The van der Waals surface area contributed by atoms with Gasteiger partial charge in [0.05, 0.1) is 12.6 Å². The van der Waals surface area contributed by atoms with Crippen molar-refractivity contribution in [2.24, 2.45) is 11.7 Å². The van der Waals surface area contributed by atoms with E-state index in [1.54, 1.807) is 0 Å². The number of para-hydroxylation sites is 1. The predicted octanol–water partition coefficient (Wildman–Crippen LogP) is 1.60. The second-order valence-electron chi connectivity index (χ2n) is 5.50. The number of aryl methyl sites for hydroxylation is 2. The molecule has 0 saturated heterocycles. The number of carbonyl (C=O) groups is 2. The van der Waals surface area contributed by atoms with Gasteiger partial charge in [-0.15, -0.1) is 0 Å². The Morgan fingerprint density at radius 3 is 2.52 bits per heavy atom. The summed E-state index contributed by atoms with van der Waals surface area (Å²) in [5, 5.41) is 5.42. The van der Waals surface area contributed by atoms with E-state index in [0.717, 1.165) is 23.2 Å². The van der Waals surface area contributed by atoms with E-state index < -0.39 is 6.04 Å². The molecule has 0 aliphatic carbocycles. The molecule has 0 aromatic heterocycles. The molecular formula is C16H25N3O2. The molecule has 0 bridgehead atoms. The Morgan fingerprint density at radius 2 is 1.95 bits per heavy atom. The van der Waals surface area contributed by atoms with E-state index in [0.29, 0.717) is 0 Å². The summed E-state index contributed by atoms with van der Waals surface area (Å²) in [7, 11) is 0. The Labute approximate surface area is 126 Å². The lowest BCUT2D eigenvalue weighted by Gasteiger charge is -2.16. The number of hydrogen-bond acceptors (Lipinski definition) is 3. The van der Waals surface area contributed by atoms with E-state index in [1.165, 1.54) is 0 Å². The summed E-state index contributed by atoms with van der Waals surface area (Å²) in [6.45, 7) is 7.64. The van der Waals surface area contributed by atoms with E-state index in [9.17, 15) is 9.59 Å². The topological polar surface area (TPSA) is 84.2 Å². The second-order valence-corrected chi connectivity index (χ2v) is 5.50. The van der Waals surface area contributed by atoms with Crippen LogP contribution in [0.15, 0.2) is 18.2 Å². The van der Waals surface area contributed by atoms with E-state index in [1.807, 2.05) is 45.9 Å². The summed E-state index contributed by atoms with van der Waals surface area (Å²) >= 11 is 0. The molecule has 116 valence electrons. The van der Waals surface area contributed by atoms with E-state index in [4.69, 9.17) is 5.73 Å². The van der Waals surface area contributed by atoms with Crippen LogP contribution in [0.3, 0.4) is 0 Å². The van der Waals surface area contributed by atoms with Crippen molar-refractivity contribution in [3.05, 3.63) is 29.3 Å². The van der Waals surface area contributed by atoms with Crippen molar-refractivity contribution in [3.8, 4) is 0 Å². The molecule has 0 unspecified atom stereocenters. The fourth-order valence-electron chi connectivity index (χ4n) is 1.97. The molecule has 0 aliphatic heterocycles. The highest BCUT2D eigenvalue weighted by Gasteiger charge is 2.18. The van der Waals surface area contributed by atoms with E-state index >= 15 is 0 Å². The Kier molecular flexibility index (Phi) is 6.37. The first-order chi connectivity index (χ1) is 9.86. The maximum Gasteiger partial charge on any atom is 0.243 e. The Balaban J connectivity index is 2.61. The molecule has 0 aliphatic rings. The van der Waals surface area contributed by atoms with Crippen LogP contribution in [-0.4, -0.2) is 24.4 Å². The number of hydrogen-bond donors (Lipinski definition) is 3. The molecule has 5 nitrogen and oxygen atoms in total. The number of nitrogens with one attached hydrogen (secondary N) is 2. The zero-order valence-corrected chi connectivity index (χ0v) is 13.2. The van der Waals surface area contributed by atoms with Crippen molar-refractivity contribution >= 4 is 17.5 Å². The highest BCUT2D eigenvalue weighted by atomic mass is 16.2. The number of carbonyl (C=O) groups excluding carboxylic acids is 2. The number of benzene rings is 1. The predicted molar refractivity (Wildman–Crippen MR) is 85.0 cm³/mol. The van der Waals surface area contributed by atoms with E-state index in [-0.39, 0.29) is 24.3 Å². The molecular weight excluding hydrogens is 266 g/mol. The lowest BCUT2D eigenvalue weighted by Crippen LogP contribution is -2.46. The quantitative estimate of drug-likeness (QED) is 0.744. The van der Waals surface area contributed by atoms with Crippen LogP contribution in [0.5, 0.6) is 0 Å². The standard InChI is InChI=1S/C16H25N3O2/c1-5-12-8-6-7-11(4)15(12)19-13(20)9-18-16(21)14(17)10(2)3/h6-8,10,14H,5,9,17H2,1-4H3,(H,18,21)(H,19,20)/t14-/m0/s1. The Morgan fingerprint density at radius 1 is 1.29 bits per heavy atom. The molecule has 0 heterocycles. The third kappa shape index (κ3) is 4.86. The molecule has 1 rings (SSSR count). The molecule has 1 atom stereocenters. The van der Waals surface area contributed by atoms with Crippen LogP contribution in [0.2, 0.25) is 0 Å². The maximum absolute atomic E-state index is 12.0. The zero-order chi connectivity index (χ0) is 16.0. The van der Waals surface area contributed by atoms with Crippen molar-refractivity contribution < 1.29 is 9.59 Å². The minimum atomic E-state index is -0.595. The molecule has 5 heteroatoms. The molecule has 1 aromatic rings. The first-order valence-corrected chi connectivity index (χ1v) is 7.28. The molecule has 1 aromatic carbocycles. The van der Waals surface area contributed by atoms with Gasteiger partial charge in [0.2, 0.25) is 11.8 Å². The zero-order valence-electron chi connectivity index (χ0n) is 13.2. The van der Waals surface area contributed by atoms with Crippen molar-refractivity contribution in [1.82, 2.24) is 5.32 Å².